The molecule has 2 N–H and O–H groups in total. The summed E-state index contributed by atoms with van der Waals surface area (Å²) in [6.45, 7) is 4.34. The first kappa shape index (κ1) is 16.6. The SMILES string of the molecule is CC1(C)CC(=O)C2=C(C1)Nc1ccccc1N[C@H]2c1cccc(I)c1. The van der Waals surface area contributed by atoms with Gasteiger partial charge in [0.1, 0.15) is 0 Å². The van der Waals surface area contributed by atoms with E-state index < -0.39 is 0 Å². The Morgan fingerprint density at radius 2 is 1.80 bits per heavy atom. The summed E-state index contributed by atoms with van der Waals surface area (Å²) in [6.07, 6.45) is 1.47. The quantitative estimate of drug-likeness (QED) is 0.570. The predicted molar refractivity (Wildman–Crippen MR) is 111 cm³/mol. The first-order valence-electron chi connectivity index (χ1n) is 8.57. The van der Waals surface area contributed by atoms with Crippen LogP contribution in [0.4, 0.5) is 11.4 Å². The van der Waals surface area contributed by atoms with Gasteiger partial charge in [0.15, 0.2) is 5.78 Å². The van der Waals surface area contributed by atoms with E-state index in [0.29, 0.717) is 6.42 Å². The number of carbonyl (C=O) groups excluding carboxylic acids is 1. The van der Waals surface area contributed by atoms with Crippen molar-refractivity contribution >= 4 is 39.7 Å². The molecular formula is C21H21IN2O. The second kappa shape index (κ2) is 6.16. The molecule has 128 valence electrons. The van der Waals surface area contributed by atoms with Crippen LogP contribution in [0.5, 0.6) is 0 Å². The zero-order chi connectivity index (χ0) is 17.6. The van der Waals surface area contributed by atoms with Gasteiger partial charge in [-0.3, -0.25) is 4.79 Å². The lowest BCUT2D eigenvalue weighted by Gasteiger charge is -2.34. The summed E-state index contributed by atoms with van der Waals surface area (Å²) in [5.41, 5.74) is 5.13. The smallest absolute Gasteiger partial charge is 0.163 e. The van der Waals surface area contributed by atoms with Gasteiger partial charge in [0.05, 0.1) is 17.4 Å². The number of hydrogen-bond acceptors (Lipinski definition) is 3. The largest absolute Gasteiger partial charge is 0.372 e. The number of rotatable bonds is 1. The van der Waals surface area contributed by atoms with Crippen molar-refractivity contribution in [1.82, 2.24) is 0 Å². The highest BCUT2D eigenvalue weighted by Crippen LogP contribution is 2.45. The number of anilines is 2. The third kappa shape index (κ3) is 3.19. The van der Waals surface area contributed by atoms with Crippen LogP contribution in [0.1, 0.15) is 38.3 Å². The predicted octanol–water partition coefficient (Wildman–Crippen LogP) is 5.51. The summed E-state index contributed by atoms with van der Waals surface area (Å²) in [4.78, 5) is 13.1. The van der Waals surface area contributed by atoms with Crippen LogP contribution in [-0.2, 0) is 4.79 Å². The monoisotopic (exact) mass is 444 g/mol. The molecule has 0 spiro atoms. The van der Waals surface area contributed by atoms with Crippen molar-refractivity contribution in [2.45, 2.75) is 32.7 Å². The molecule has 4 rings (SSSR count). The van der Waals surface area contributed by atoms with Crippen molar-refractivity contribution in [2.75, 3.05) is 10.6 Å². The van der Waals surface area contributed by atoms with Crippen LogP contribution in [0.15, 0.2) is 59.8 Å². The van der Waals surface area contributed by atoms with Crippen LogP contribution in [0.25, 0.3) is 0 Å². The standard InChI is InChI=1S/C21H21IN2O/c1-21(2)11-17-19(18(25)12-21)20(13-6-5-7-14(22)10-13)24-16-9-4-3-8-15(16)23-17/h3-10,20,23-24H,11-12H2,1-2H3/t20-/m0/s1. The molecule has 2 aliphatic rings. The average Bonchev–Trinajstić information content (AvgIpc) is 2.70. The summed E-state index contributed by atoms with van der Waals surface area (Å²) in [6, 6.07) is 16.5. The van der Waals surface area contributed by atoms with Gasteiger partial charge in [-0.2, -0.15) is 0 Å². The second-order valence-electron chi connectivity index (χ2n) is 7.64. The van der Waals surface area contributed by atoms with Gasteiger partial charge in [0.2, 0.25) is 0 Å². The van der Waals surface area contributed by atoms with E-state index in [1.165, 1.54) is 3.57 Å². The van der Waals surface area contributed by atoms with Crippen molar-refractivity contribution in [3.63, 3.8) is 0 Å². The number of carbonyl (C=O) groups is 1. The van der Waals surface area contributed by atoms with Crippen LogP contribution >= 0.6 is 22.6 Å². The fraction of sp³-hybridized carbons (Fsp3) is 0.286. The van der Waals surface area contributed by atoms with Gasteiger partial charge in [-0.1, -0.05) is 38.1 Å². The van der Waals surface area contributed by atoms with Gasteiger partial charge in [-0.15, -0.1) is 0 Å². The van der Waals surface area contributed by atoms with Crippen LogP contribution in [0, 0.1) is 8.99 Å². The molecule has 0 saturated carbocycles. The molecule has 0 saturated heterocycles. The lowest BCUT2D eigenvalue weighted by Crippen LogP contribution is -2.31. The minimum Gasteiger partial charge on any atom is -0.372 e. The van der Waals surface area contributed by atoms with E-state index >= 15 is 0 Å². The number of allylic oxidation sites excluding steroid dienone is 1. The number of Topliss-reactive ketones (excluding diaryl/α,β-unsaturated/α-hetero) is 1. The summed E-state index contributed by atoms with van der Waals surface area (Å²) < 4.78 is 1.17. The molecule has 1 heterocycles. The fourth-order valence-electron chi connectivity index (χ4n) is 3.83. The molecule has 1 atom stereocenters. The summed E-state index contributed by atoms with van der Waals surface area (Å²) >= 11 is 2.33. The Kier molecular flexibility index (Phi) is 4.10. The van der Waals surface area contributed by atoms with Gasteiger partial charge in [0, 0.05) is 21.3 Å². The fourth-order valence-corrected chi connectivity index (χ4v) is 4.39. The maximum Gasteiger partial charge on any atom is 0.163 e. The Morgan fingerprint density at radius 3 is 2.56 bits per heavy atom. The van der Waals surface area contributed by atoms with Gasteiger partial charge in [0.25, 0.3) is 0 Å². The molecule has 2 aromatic carbocycles. The molecule has 1 aliphatic heterocycles. The van der Waals surface area contributed by atoms with Gasteiger partial charge in [-0.25, -0.2) is 0 Å². The highest BCUT2D eigenvalue weighted by atomic mass is 127. The Balaban J connectivity index is 1.90. The second-order valence-corrected chi connectivity index (χ2v) is 8.88. The highest BCUT2D eigenvalue weighted by Gasteiger charge is 2.38. The van der Waals surface area contributed by atoms with Gasteiger partial charge < -0.3 is 10.6 Å². The third-order valence-corrected chi connectivity index (χ3v) is 5.57. The number of hydrogen-bond donors (Lipinski definition) is 2. The molecule has 2 aromatic rings. The Labute approximate surface area is 162 Å². The average molecular weight is 444 g/mol. The molecule has 3 nitrogen and oxygen atoms in total. The van der Waals surface area contributed by atoms with E-state index in [1.807, 2.05) is 12.1 Å². The maximum absolute atomic E-state index is 13.1. The van der Waals surface area contributed by atoms with Crippen LogP contribution in [-0.4, -0.2) is 5.78 Å². The molecule has 0 radical (unpaired) electrons. The van der Waals surface area contributed by atoms with E-state index in [2.05, 4.69) is 83.5 Å². The van der Waals surface area contributed by atoms with E-state index in [1.54, 1.807) is 0 Å². The van der Waals surface area contributed by atoms with Crippen molar-refractivity contribution < 1.29 is 4.79 Å². The molecule has 4 heteroatoms. The topological polar surface area (TPSA) is 41.1 Å². The highest BCUT2D eigenvalue weighted by molar-refractivity contribution is 14.1. The number of fused-ring (bicyclic) bond motifs is 1. The number of nitrogens with one attached hydrogen (secondary N) is 2. The van der Waals surface area contributed by atoms with Crippen molar-refractivity contribution in [3.05, 3.63) is 68.9 Å². The number of halogens is 1. The van der Waals surface area contributed by atoms with Crippen molar-refractivity contribution in [3.8, 4) is 0 Å². The van der Waals surface area contributed by atoms with E-state index in [9.17, 15) is 4.79 Å². The van der Waals surface area contributed by atoms with Crippen LogP contribution in [0.2, 0.25) is 0 Å². The maximum atomic E-state index is 13.1. The molecule has 0 unspecified atom stereocenters. The van der Waals surface area contributed by atoms with E-state index in [4.69, 9.17) is 0 Å². The zero-order valence-electron chi connectivity index (χ0n) is 14.4. The molecule has 0 bridgehead atoms. The minimum absolute atomic E-state index is 0.0160. The normalized spacial score (nSPS) is 21.6. The number of para-hydroxylation sites is 2. The Bertz CT molecular complexity index is 885. The molecule has 1 aliphatic carbocycles. The van der Waals surface area contributed by atoms with Crippen molar-refractivity contribution in [2.24, 2.45) is 5.41 Å². The Hall–Kier alpha value is -1.82. The third-order valence-electron chi connectivity index (χ3n) is 4.90. The van der Waals surface area contributed by atoms with Crippen molar-refractivity contribution in [1.29, 1.82) is 0 Å². The summed E-state index contributed by atoms with van der Waals surface area (Å²) in [7, 11) is 0. The van der Waals surface area contributed by atoms with Gasteiger partial charge in [-0.05, 0) is 64.3 Å². The minimum atomic E-state index is -0.121. The lowest BCUT2D eigenvalue weighted by molar-refractivity contribution is -0.118. The number of benzene rings is 2. The van der Waals surface area contributed by atoms with E-state index in [0.717, 1.165) is 34.6 Å². The molecule has 0 amide bonds. The van der Waals surface area contributed by atoms with Crippen LogP contribution < -0.4 is 10.6 Å². The zero-order valence-corrected chi connectivity index (χ0v) is 16.6. The molecule has 0 fully saturated rings. The lowest BCUT2D eigenvalue weighted by atomic mass is 9.73. The van der Waals surface area contributed by atoms with E-state index in [-0.39, 0.29) is 17.2 Å². The molecular weight excluding hydrogens is 423 g/mol. The molecule has 0 aromatic heterocycles. The first-order valence-corrected chi connectivity index (χ1v) is 9.65. The Morgan fingerprint density at radius 1 is 1.04 bits per heavy atom. The van der Waals surface area contributed by atoms with Crippen LogP contribution in [0.3, 0.4) is 0 Å². The first-order chi connectivity index (χ1) is 11.9. The van der Waals surface area contributed by atoms with Gasteiger partial charge >= 0.3 is 0 Å². The molecule has 25 heavy (non-hydrogen) atoms. The summed E-state index contributed by atoms with van der Waals surface area (Å²) in [5, 5.41) is 7.17. The summed E-state index contributed by atoms with van der Waals surface area (Å²) in [5.74, 6) is 0.239. The number of ketones is 1.